The van der Waals surface area contributed by atoms with Gasteiger partial charge in [-0.15, -0.1) is 0 Å². The second-order valence-electron chi connectivity index (χ2n) is 8.27. The molecule has 1 amide bonds. The third-order valence-electron chi connectivity index (χ3n) is 6.10. The van der Waals surface area contributed by atoms with Crippen LogP contribution in [0.25, 0.3) is 0 Å². The first-order valence-corrected chi connectivity index (χ1v) is 10.5. The lowest BCUT2D eigenvalue weighted by Gasteiger charge is -2.33. The quantitative estimate of drug-likeness (QED) is 0.800. The minimum atomic E-state index is -0.447. The molecule has 0 bridgehead atoms. The molecule has 2 aliphatic heterocycles. The zero-order valence-corrected chi connectivity index (χ0v) is 16.4. The van der Waals surface area contributed by atoms with Gasteiger partial charge in [-0.1, -0.05) is 42.5 Å². The zero-order valence-electron chi connectivity index (χ0n) is 16.4. The van der Waals surface area contributed by atoms with Crippen molar-refractivity contribution in [2.75, 3.05) is 25.0 Å². The van der Waals surface area contributed by atoms with Gasteiger partial charge in [-0.2, -0.15) is 0 Å². The number of nitrogens with zero attached hydrogens (tertiary/aromatic N) is 1. The molecule has 2 aromatic rings. The summed E-state index contributed by atoms with van der Waals surface area (Å²) in [6.45, 7) is 3.19. The normalized spacial score (nSPS) is 21.0. The largest absolute Gasteiger partial charge is 0.388 e. The van der Waals surface area contributed by atoms with Crippen molar-refractivity contribution < 1.29 is 9.90 Å². The molecule has 0 aromatic heterocycles. The fraction of sp³-hybridized carbons (Fsp3) is 0.458. The average Bonchev–Trinajstić information content (AvgIpc) is 2.72. The number of nitrogens with one attached hydrogen (secondary N) is 1. The maximum Gasteiger partial charge on any atom is 0.224 e. The molecule has 2 aromatic carbocycles. The average molecular weight is 379 g/mol. The predicted octanol–water partition coefficient (Wildman–Crippen LogP) is 3.95. The minimum Gasteiger partial charge on any atom is -0.388 e. The van der Waals surface area contributed by atoms with Crippen molar-refractivity contribution in [1.29, 1.82) is 0 Å². The van der Waals surface area contributed by atoms with Crippen LogP contribution in [0.15, 0.2) is 48.5 Å². The van der Waals surface area contributed by atoms with E-state index in [0.29, 0.717) is 12.3 Å². The van der Waals surface area contributed by atoms with Gasteiger partial charge in [0.2, 0.25) is 5.91 Å². The summed E-state index contributed by atoms with van der Waals surface area (Å²) in [4.78, 5) is 14.0. The molecule has 0 radical (unpaired) electrons. The van der Waals surface area contributed by atoms with Gasteiger partial charge in [-0.3, -0.25) is 4.79 Å². The number of aliphatic hydroxyl groups is 1. The number of hydrogen-bond acceptors (Lipinski definition) is 3. The topological polar surface area (TPSA) is 52.6 Å². The Labute approximate surface area is 167 Å². The summed E-state index contributed by atoms with van der Waals surface area (Å²) in [5.41, 5.74) is 4.42. The lowest BCUT2D eigenvalue weighted by Crippen LogP contribution is -2.37. The number of rotatable bonds is 6. The number of aliphatic hydroxyl groups excluding tert-OH is 1. The van der Waals surface area contributed by atoms with Gasteiger partial charge in [0, 0.05) is 25.2 Å². The smallest absolute Gasteiger partial charge is 0.224 e. The van der Waals surface area contributed by atoms with Crippen molar-refractivity contribution in [3.8, 4) is 0 Å². The van der Waals surface area contributed by atoms with Gasteiger partial charge in [0.25, 0.3) is 0 Å². The Morgan fingerprint density at radius 2 is 2.00 bits per heavy atom. The van der Waals surface area contributed by atoms with Crippen molar-refractivity contribution in [3.05, 3.63) is 65.2 Å². The van der Waals surface area contributed by atoms with E-state index in [9.17, 15) is 9.90 Å². The van der Waals surface area contributed by atoms with E-state index in [4.69, 9.17) is 0 Å². The number of piperidine rings is 1. The van der Waals surface area contributed by atoms with Crippen LogP contribution in [-0.4, -0.2) is 35.5 Å². The van der Waals surface area contributed by atoms with Gasteiger partial charge in [-0.25, -0.2) is 0 Å². The highest BCUT2D eigenvalue weighted by molar-refractivity contribution is 5.93. The monoisotopic (exact) mass is 378 g/mol. The molecule has 28 heavy (non-hydrogen) atoms. The van der Waals surface area contributed by atoms with Crippen molar-refractivity contribution in [1.82, 2.24) is 4.90 Å². The third kappa shape index (κ3) is 4.81. The van der Waals surface area contributed by atoms with Crippen molar-refractivity contribution in [3.63, 3.8) is 0 Å². The van der Waals surface area contributed by atoms with Gasteiger partial charge in [-0.05, 0) is 67.3 Å². The number of aryl methyl sites for hydroxylation is 1. The highest BCUT2D eigenvalue weighted by atomic mass is 16.3. The summed E-state index contributed by atoms with van der Waals surface area (Å²) < 4.78 is 0. The molecule has 0 aliphatic carbocycles. The lowest BCUT2D eigenvalue weighted by atomic mass is 9.91. The van der Waals surface area contributed by atoms with Gasteiger partial charge >= 0.3 is 0 Å². The van der Waals surface area contributed by atoms with Crippen LogP contribution in [0.4, 0.5) is 5.69 Å². The van der Waals surface area contributed by atoms with E-state index >= 15 is 0 Å². The van der Waals surface area contributed by atoms with E-state index in [-0.39, 0.29) is 5.91 Å². The van der Waals surface area contributed by atoms with Gasteiger partial charge in [0.05, 0.1) is 6.10 Å². The molecule has 4 nitrogen and oxygen atoms in total. The van der Waals surface area contributed by atoms with Gasteiger partial charge < -0.3 is 15.3 Å². The van der Waals surface area contributed by atoms with E-state index in [1.54, 1.807) is 0 Å². The maximum atomic E-state index is 11.5. The molecule has 2 N–H and O–H groups in total. The number of amides is 1. The standard InChI is InChI=1S/C24H30N2O2/c27-23(21-8-10-22-20(16-21)9-11-24(28)25-22)12-14-26-13-4-7-19(17-26)15-18-5-2-1-3-6-18/h1-3,5-6,8,10,16,19,23,27H,4,7,9,11-15,17H2,(H,25,28)/t19-,23?/m0/s1. The number of carbonyl (C=O) groups excluding carboxylic acids is 1. The fourth-order valence-electron chi connectivity index (χ4n) is 4.55. The first-order valence-electron chi connectivity index (χ1n) is 10.5. The molecule has 148 valence electrons. The summed E-state index contributed by atoms with van der Waals surface area (Å²) >= 11 is 0. The number of hydrogen-bond donors (Lipinski definition) is 2. The lowest BCUT2D eigenvalue weighted by molar-refractivity contribution is -0.116. The Kier molecular flexibility index (Phi) is 6.08. The van der Waals surface area contributed by atoms with E-state index in [1.165, 1.54) is 18.4 Å². The van der Waals surface area contributed by atoms with Crippen LogP contribution < -0.4 is 5.32 Å². The van der Waals surface area contributed by atoms with E-state index in [1.807, 2.05) is 12.1 Å². The van der Waals surface area contributed by atoms with Crippen molar-refractivity contribution >= 4 is 11.6 Å². The van der Waals surface area contributed by atoms with Crippen molar-refractivity contribution in [2.24, 2.45) is 5.92 Å². The first-order chi connectivity index (χ1) is 13.7. The van der Waals surface area contributed by atoms with Crippen LogP contribution in [0, 0.1) is 5.92 Å². The molecule has 0 spiro atoms. The molecule has 2 aliphatic rings. The Morgan fingerprint density at radius 1 is 1.14 bits per heavy atom. The van der Waals surface area contributed by atoms with Crippen molar-refractivity contribution in [2.45, 2.75) is 44.6 Å². The van der Waals surface area contributed by atoms with Crippen LogP contribution in [0.3, 0.4) is 0 Å². The second-order valence-corrected chi connectivity index (χ2v) is 8.27. The highest BCUT2D eigenvalue weighted by Crippen LogP contribution is 2.28. The van der Waals surface area contributed by atoms with Crippen LogP contribution in [0.5, 0.6) is 0 Å². The molecule has 0 saturated carbocycles. The number of carbonyl (C=O) groups is 1. The molecule has 1 fully saturated rings. The van der Waals surface area contributed by atoms with Crippen LogP contribution in [0.2, 0.25) is 0 Å². The van der Waals surface area contributed by atoms with E-state index in [0.717, 1.165) is 55.7 Å². The first kappa shape index (κ1) is 19.2. The Bertz CT molecular complexity index is 806. The third-order valence-corrected chi connectivity index (χ3v) is 6.10. The zero-order chi connectivity index (χ0) is 19.3. The Hall–Kier alpha value is -2.17. The van der Waals surface area contributed by atoms with Crippen LogP contribution >= 0.6 is 0 Å². The van der Waals surface area contributed by atoms with E-state index in [2.05, 4.69) is 46.6 Å². The number of benzene rings is 2. The fourth-order valence-corrected chi connectivity index (χ4v) is 4.55. The predicted molar refractivity (Wildman–Crippen MR) is 112 cm³/mol. The molecule has 4 rings (SSSR count). The van der Waals surface area contributed by atoms with Crippen LogP contribution in [0.1, 0.15) is 48.5 Å². The summed E-state index contributed by atoms with van der Waals surface area (Å²) in [5, 5.41) is 13.6. The van der Waals surface area contributed by atoms with E-state index < -0.39 is 6.10 Å². The molecule has 2 atom stereocenters. The van der Waals surface area contributed by atoms with Crippen LogP contribution in [-0.2, 0) is 17.6 Å². The summed E-state index contributed by atoms with van der Waals surface area (Å²) in [6.07, 6.45) is 5.28. The molecular formula is C24H30N2O2. The molecule has 1 unspecified atom stereocenters. The number of likely N-dealkylation sites (tertiary alicyclic amines) is 1. The summed E-state index contributed by atoms with van der Waals surface area (Å²) in [7, 11) is 0. The van der Waals surface area contributed by atoms with Gasteiger partial charge in [0.15, 0.2) is 0 Å². The number of fused-ring (bicyclic) bond motifs is 1. The minimum absolute atomic E-state index is 0.0796. The van der Waals surface area contributed by atoms with Gasteiger partial charge in [0.1, 0.15) is 0 Å². The molecule has 4 heteroatoms. The maximum absolute atomic E-state index is 11.5. The summed E-state index contributed by atoms with van der Waals surface area (Å²) in [6, 6.07) is 16.7. The Morgan fingerprint density at radius 3 is 2.86 bits per heavy atom. The SMILES string of the molecule is O=C1CCc2cc(C(O)CCN3CCC[C@@H](Cc4ccccc4)C3)ccc2N1. The molecular weight excluding hydrogens is 348 g/mol. The number of anilines is 1. The molecule has 1 saturated heterocycles. The molecule has 2 heterocycles. The second kappa shape index (κ2) is 8.89. The highest BCUT2D eigenvalue weighted by Gasteiger charge is 2.22. The summed E-state index contributed by atoms with van der Waals surface area (Å²) in [5.74, 6) is 0.789. The Balaban J connectivity index is 1.29.